The molecule has 10 heteroatoms. The zero-order valence-corrected chi connectivity index (χ0v) is 15.6. The van der Waals surface area contributed by atoms with Gasteiger partial charge in [0.2, 0.25) is 5.75 Å². The van der Waals surface area contributed by atoms with E-state index < -0.39 is 26.5 Å². The van der Waals surface area contributed by atoms with Gasteiger partial charge >= 0.3 is 15.8 Å². The molecule has 0 heterocycles. The van der Waals surface area contributed by atoms with E-state index in [4.69, 9.17) is 20.5 Å². The van der Waals surface area contributed by atoms with Crippen LogP contribution in [0.2, 0.25) is 5.02 Å². The Morgan fingerprint density at radius 2 is 1.92 bits per heavy atom. The highest BCUT2D eigenvalue weighted by Gasteiger charge is 2.28. The minimum absolute atomic E-state index is 0.0193. The number of halogens is 2. The fraction of sp³-hybridized carbons (Fsp3) is 0.143. The molecule has 0 aliphatic heterocycles. The third-order valence-corrected chi connectivity index (χ3v) is 5.01. The summed E-state index contributed by atoms with van der Waals surface area (Å²) in [5, 5.41) is 11.2. The van der Waals surface area contributed by atoms with Crippen molar-refractivity contribution in [3.8, 4) is 11.5 Å². The summed E-state index contributed by atoms with van der Waals surface area (Å²) in [5.74, 6) is -0.419. The first-order valence-electron chi connectivity index (χ1n) is 6.38. The van der Waals surface area contributed by atoms with Gasteiger partial charge in [0.25, 0.3) is 0 Å². The Kier molecular flexibility index (Phi) is 5.36. The molecule has 2 rings (SSSR count). The standard InChI is InChI=1S/C14H11BrClNO6S/c1-8-3-4-12(11(5-8)17(18)19)23-24(20,21)13-7-9(16)6-10(15)14(13)22-2/h3-7H,1-2H3. The number of nitro benzene ring substituents is 1. The first kappa shape index (κ1) is 18.5. The van der Waals surface area contributed by atoms with Crippen LogP contribution >= 0.6 is 27.5 Å². The van der Waals surface area contributed by atoms with E-state index in [0.29, 0.717) is 10.0 Å². The molecule has 0 aliphatic rings. The van der Waals surface area contributed by atoms with Crippen LogP contribution in [0.4, 0.5) is 5.69 Å². The lowest BCUT2D eigenvalue weighted by Crippen LogP contribution is -2.12. The molecule has 0 atom stereocenters. The Morgan fingerprint density at radius 3 is 2.50 bits per heavy atom. The van der Waals surface area contributed by atoms with E-state index in [2.05, 4.69) is 15.9 Å². The van der Waals surface area contributed by atoms with Gasteiger partial charge in [-0.3, -0.25) is 10.1 Å². The Balaban J connectivity index is 2.57. The van der Waals surface area contributed by atoms with Crippen LogP contribution in [0.25, 0.3) is 0 Å². The van der Waals surface area contributed by atoms with Crippen LogP contribution in [-0.4, -0.2) is 20.5 Å². The lowest BCUT2D eigenvalue weighted by molar-refractivity contribution is -0.385. The number of aryl methyl sites for hydroxylation is 1. The first-order valence-corrected chi connectivity index (χ1v) is 8.96. The molecule has 7 nitrogen and oxygen atoms in total. The van der Waals surface area contributed by atoms with E-state index >= 15 is 0 Å². The van der Waals surface area contributed by atoms with Gasteiger partial charge in [0, 0.05) is 11.1 Å². The summed E-state index contributed by atoms with van der Waals surface area (Å²) in [5.41, 5.74) is 0.133. The van der Waals surface area contributed by atoms with Crippen LogP contribution < -0.4 is 8.92 Å². The molecule has 0 bridgehead atoms. The van der Waals surface area contributed by atoms with E-state index in [1.54, 1.807) is 6.92 Å². The van der Waals surface area contributed by atoms with Gasteiger partial charge in [0.15, 0.2) is 10.6 Å². The van der Waals surface area contributed by atoms with Crippen molar-refractivity contribution in [2.75, 3.05) is 7.11 Å². The van der Waals surface area contributed by atoms with Crippen LogP contribution in [-0.2, 0) is 10.1 Å². The summed E-state index contributed by atoms with van der Waals surface area (Å²) in [7, 11) is -3.13. The second kappa shape index (κ2) is 6.96. The van der Waals surface area contributed by atoms with Crippen molar-refractivity contribution < 1.29 is 22.3 Å². The summed E-state index contributed by atoms with van der Waals surface area (Å²) in [6, 6.07) is 6.53. The van der Waals surface area contributed by atoms with Crippen molar-refractivity contribution in [3.63, 3.8) is 0 Å². The summed E-state index contributed by atoms with van der Waals surface area (Å²) >= 11 is 9.02. The van der Waals surface area contributed by atoms with Crippen LogP contribution in [0.15, 0.2) is 39.7 Å². The average Bonchev–Trinajstić information content (AvgIpc) is 2.48. The highest BCUT2D eigenvalue weighted by atomic mass is 79.9. The Hall–Kier alpha value is -1.84. The smallest absolute Gasteiger partial charge is 0.343 e. The second-order valence-electron chi connectivity index (χ2n) is 4.68. The minimum Gasteiger partial charge on any atom is -0.494 e. The molecule has 0 aliphatic carbocycles. The molecule has 0 saturated carbocycles. The quantitative estimate of drug-likeness (QED) is 0.398. The molecule has 0 spiro atoms. The zero-order valence-electron chi connectivity index (χ0n) is 12.4. The van der Waals surface area contributed by atoms with E-state index in [-0.39, 0.29) is 15.7 Å². The van der Waals surface area contributed by atoms with E-state index in [1.807, 2.05) is 0 Å². The highest BCUT2D eigenvalue weighted by Crippen LogP contribution is 2.38. The second-order valence-corrected chi connectivity index (χ2v) is 7.49. The van der Waals surface area contributed by atoms with Gasteiger partial charge in [0.1, 0.15) is 0 Å². The fourth-order valence-corrected chi connectivity index (χ4v) is 4.25. The van der Waals surface area contributed by atoms with Crippen LogP contribution in [0, 0.1) is 17.0 Å². The van der Waals surface area contributed by atoms with E-state index in [9.17, 15) is 18.5 Å². The molecule has 24 heavy (non-hydrogen) atoms. The van der Waals surface area contributed by atoms with Gasteiger partial charge in [0.05, 0.1) is 16.5 Å². The van der Waals surface area contributed by atoms with Gasteiger partial charge in [-0.05, 0) is 46.6 Å². The van der Waals surface area contributed by atoms with Crippen molar-refractivity contribution in [1.29, 1.82) is 0 Å². The van der Waals surface area contributed by atoms with Crippen molar-refractivity contribution in [2.45, 2.75) is 11.8 Å². The largest absolute Gasteiger partial charge is 0.494 e. The number of ether oxygens (including phenoxy) is 1. The summed E-state index contributed by atoms with van der Waals surface area (Å²) in [6.45, 7) is 1.64. The number of benzene rings is 2. The first-order chi connectivity index (χ1) is 11.2. The number of hydrogen-bond acceptors (Lipinski definition) is 6. The Labute approximate surface area is 151 Å². The lowest BCUT2D eigenvalue weighted by atomic mass is 10.2. The number of methoxy groups -OCH3 is 1. The molecular formula is C14H11BrClNO6S. The van der Waals surface area contributed by atoms with Crippen molar-refractivity contribution in [1.82, 2.24) is 0 Å². The topological polar surface area (TPSA) is 95.7 Å². The van der Waals surface area contributed by atoms with Crippen LogP contribution in [0.5, 0.6) is 11.5 Å². The van der Waals surface area contributed by atoms with Gasteiger partial charge in [-0.2, -0.15) is 8.42 Å². The molecular weight excluding hydrogens is 426 g/mol. The maximum Gasteiger partial charge on any atom is 0.343 e. The predicted molar refractivity (Wildman–Crippen MR) is 91.4 cm³/mol. The van der Waals surface area contributed by atoms with Crippen LogP contribution in [0.3, 0.4) is 0 Å². The maximum absolute atomic E-state index is 12.5. The summed E-state index contributed by atoms with van der Waals surface area (Å²) < 4.78 is 35.4. The number of nitro groups is 1. The number of nitrogens with zero attached hydrogens (tertiary/aromatic N) is 1. The minimum atomic E-state index is -4.41. The molecule has 0 amide bonds. The maximum atomic E-state index is 12.5. The molecule has 0 unspecified atom stereocenters. The highest BCUT2D eigenvalue weighted by molar-refractivity contribution is 9.10. The van der Waals surface area contributed by atoms with Gasteiger partial charge in [-0.1, -0.05) is 17.7 Å². The molecule has 0 saturated heterocycles. The van der Waals surface area contributed by atoms with Crippen molar-refractivity contribution in [2.24, 2.45) is 0 Å². The van der Waals surface area contributed by atoms with E-state index in [0.717, 1.165) is 6.07 Å². The number of hydrogen-bond donors (Lipinski definition) is 0. The van der Waals surface area contributed by atoms with Crippen molar-refractivity contribution in [3.05, 3.63) is 55.5 Å². The van der Waals surface area contributed by atoms with Crippen molar-refractivity contribution >= 4 is 43.3 Å². The predicted octanol–water partition coefficient (Wildman–Crippen LogP) is 4.10. The molecule has 0 aromatic heterocycles. The molecule has 0 radical (unpaired) electrons. The normalized spacial score (nSPS) is 11.2. The van der Waals surface area contributed by atoms with Crippen LogP contribution in [0.1, 0.15) is 5.56 Å². The Bertz CT molecular complexity index is 916. The molecule has 2 aromatic rings. The SMILES string of the molecule is COc1c(Br)cc(Cl)cc1S(=O)(=O)Oc1ccc(C)cc1[N+](=O)[O-]. The molecule has 0 fully saturated rings. The monoisotopic (exact) mass is 435 g/mol. The molecule has 2 aromatic carbocycles. The van der Waals surface area contributed by atoms with Gasteiger partial charge in [-0.25, -0.2) is 0 Å². The zero-order chi connectivity index (χ0) is 18.1. The fourth-order valence-electron chi connectivity index (χ4n) is 1.92. The lowest BCUT2D eigenvalue weighted by Gasteiger charge is -2.12. The van der Waals surface area contributed by atoms with Gasteiger partial charge < -0.3 is 8.92 Å². The van der Waals surface area contributed by atoms with Gasteiger partial charge in [-0.15, -0.1) is 0 Å². The average molecular weight is 437 g/mol. The number of rotatable bonds is 5. The summed E-state index contributed by atoms with van der Waals surface area (Å²) in [4.78, 5) is 10.0. The third kappa shape index (κ3) is 3.80. The molecule has 0 N–H and O–H groups in total. The van der Waals surface area contributed by atoms with E-state index in [1.165, 1.54) is 31.4 Å². The Morgan fingerprint density at radius 1 is 1.25 bits per heavy atom. The third-order valence-electron chi connectivity index (χ3n) is 2.96. The summed E-state index contributed by atoms with van der Waals surface area (Å²) in [6.07, 6.45) is 0. The molecule has 128 valence electrons.